The van der Waals surface area contributed by atoms with Gasteiger partial charge in [-0.15, -0.1) is 0 Å². The van der Waals surface area contributed by atoms with Gasteiger partial charge in [-0.2, -0.15) is 5.10 Å². The number of hydrogen-bond acceptors (Lipinski definition) is 3. The predicted octanol–water partition coefficient (Wildman–Crippen LogP) is 3.54. The fourth-order valence-corrected chi connectivity index (χ4v) is 2.34. The molecule has 3 rings (SSSR count). The first-order valence-corrected chi connectivity index (χ1v) is 7.91. The van der Waals surface area contributed by atoms with Crippen LogP contribution >= 0.6 is 0 Å². The number of aryl methyl sites for hydroxylation is 2. The van der Waals surface area contributed by atoms with Crippen molar-refractivity contribution < 1.29 is 9.18 Å². The van der Waals surface area contributed by atoms with Crippen LogP contribution in [-0.2, 0) is 7.05 Å². The van der Waals surface area contributed by atoms with E-state index in [9.17, 15) is 14.0 Å². The molecule has 1 aromatic heterocycles. The Labute approximate surface area is 149 Å². The second-order valence-corrected chi connectivity index (χ2v) is 5.80. The molecule has 7 heteroatoms. The van der Waals surface area contributed by atoms with Gasteiger partial charge in [-0.05, 0) is 42.8 Å². The van der Waals surface area contributed by atoms with Crippen molar-refractivity contribution >= 4 is 17.4 Å². The molecule has 2 aromatic carbocycles. The van der Waals surface area contributed by atoms with Gasteiger partial charge in [-0.3, -0.25) is 4.79 Å². The number of nitrogens with one attached hydrogen (secondary N) is 2. The molecular weight excluding hydrogens is 335 g/mol. The fourth-order valence-electron chi connectivity index (χ4n) is 2.34. The van der Waals surface area contributed by atoms with E-state index < -0.39 is 6.03 Å². The summed E-state index contributed by atoms with van der Waals surface area (Å²) in [7, 11) is 1.58. The van der Waals surface area contributed by atoms with Crippen molar-refractivity contribution in [1.29, 1.82) is 0 Å². The van der Waals surface area contributed by atoms with E-state index in [0.717, 1.165) is 5.56 Å². The molecule has 2 amide bonds. The van der Waals surface area contributed by atoms with Crippen molar-refractivity contribution in [2.24, 2.45) is 7.05 Å². The summed E-state index contributed by atoms with van der Waals surface area (Å²) in [4.78, 5) is 23.4. The van der Waals surface area contributed by atoms with Crippen molar-refractivity contribution in [3.05, 3.63) is 76.3 Å². The summed E-state index contributed by atoms with van der Waals surface area (Å²) in [5.41, 5.74) is 2.74. The van der Waals surface area contributed by atoms with Crippen LogP contribution in [-0.4, -0.2) is 15.8 Å². The van der Waals surface area contributed by atoms with E-state index >= 15 is 0 Å². The third-order valence-corrected chi connectivity index (χ3v) is 3.83. The van der Waals surface area contributed by atoms with E-state index in [1.54, 1.807) is 56.4 Å². The number of amides is 2. The summed E-state index contributed by atoms with van der Waals surface area (Å²) in [6.07, 6.45) is 0. The van der Waals surface area contributed by atoms with Gasteiger partial charge in [0, 0.05) is 30.1 Å². The molecule has 132 valence electrons. The number of anilines is 2. The van der Waals surface area contributed by atoms with Crippen molar-refractivity contribution in [3.8, 4) is 11.3 Å². The van der Waals surface area contributed by atoms with Crippen LogP contribution < -0.4 is 16.2 Å². The maximum Gasteiger partial charge on any atom is 0.323 e. The lowest BCUT2D eigenvalue weighted by molar-refractivity contribution is 0.262. The van der Waals surface area contributed by atoms with Gasteiger partial charge in [-0.25, -0.2) is 13.9 Å². The summed E-state index contributed by atoms with van der Waals surface area (Å²) in [5.74, 6) is -0.378. The van der Waals surface area contributed by atoms with Crippen LogP contribution in [0.15, 0.2) is 59.4 Å². The number of rotatable bonds is 3. The summed E-state index contributed by atoms with van der Waals surface area (Å²) in [6.45, 7) is 1.65. The van der Waals surface area contributed by atoms with Gasteiger partial charge in [0.15, 0.2) is 0 Å². The molecule has 0 bridgehead atoms. The molecule has 0 aliphatic rings. The minimum absolute atomic E-state index is 0.184. The maximum atomic E-state index is 13.5. The predicted molar refractivity (Wildman–Crippen MR) is 98.7 cm³/mol. The highest BCUT2D eigenvalue weighted by Crippen LogP contribution is 2.19. The highest BCUT2D eigenvalue weighted by Gasteiger charge is 2.06. The average molecular weight is 352 g/mol. The summed E-state index contributed by atoms with van der Waals surface area (Å²) in [6, 6.07) is 14.1. The Balaban J connectivity index is 1.68. The monoisotopic (exact) mass is 352 g/mol. The lowest BCUT2D eigenvalue weighted by Gasteiger charge is -2.09. The molecule has 0 saturated carbocycles. The standard InChI is InChI=1S/C19H17FN4O2/c1-12-3-6-15(11-16(12)20)22-19(26)21-14-7-4-13(5-8-14)17-9-10-18(25)24(2)23-17/h3-11H,1-2H3,(H2,21,22,26). The molecule has 0 radical (unpaired) electrons. The van der Waals surface area contributed by atoms with E-state index in [0.29, 0.717) is 22.6 Å². The quantitative estimate of drug-likeness (QED) is 0.757. The Morgan fingerprint density at radius 2 is 1.65 bits per heavy atom. The minimum Gasteiger partial charge on any atom is -0.308 e. The molecule has 0 aliphatic carbocycles. The van der Waals surface area contributed by atoms with E-state index in [1.165, 1.54) is 16.8 Å². The zero-order valence-electron chi connectivity index (χ0n) is 14.3. The van der Waals surface area contributed by atoms with E-state index in [2.05, 4.69) is 15.7 Å². The van der Waals surface area contributed by atoms with Crippen molar-refractivity contribution in [3.63, 3.8) is 0 Å². The first-order chi connectivity index (χ1) is 12.4. The average Bonchev–Trinajstić information content (AvgIpc) is 2.61. The number of benzene rings is 2. The van der Waals surface area contributed by atoms with Crippen molar-refractivity contribution in [1.82, 2.24) is 9.78 Å². The van der Waals surface area contributed by atoms with Gasteiger partial charge in [-0.1, -0.05) is 18.2 Å². The zero-order valence-corrected chi connectivity index (χ0v) is 14.3. The normalized spacial score (nSPS) is 10.4. The lowest BCUT2D eigenvalue weighted by Crippen LogP contribution is -2.19. The fraction of sp³-hybridized carbons (Fsp3) is 0.105. The van der Waals surface area contributed by atoms with Crippen molar-refractivity contribution in [2.45, 2.75) is 6.92 Å². The lowest BCUT2D eigenvalue weighted by atomic mass is 10.1. The molecule has 6 nitrogen and oxygen atoms in total. The van der Waals surface area contributed by atoms with Crippen LogP contribution in [0, 0.1) is 12.7 Å². The summed E-state index contributed by atoms with van der Waals surface area (Å²) < 4.78 is 14.8. The number of urea groups is 1. The molecule has 1 heterocycles. The highest BCUT2D eigenvalue weighted by atomic mass is 19.1. The van der Waals surface area contributed by atoms with Gasteiger partial charge in [0.25, 0.3) is 5.56 Å². The van der Waals surface area contributed by atoms with Crippen LogP contribution in [0.3, 0.4) is 0 Å². The largest absolute Gasteiger partial charge is 0.323 e. The van der Waals surface area contributed by atoms with Gasteiger partial charge in [0.1, 0.15) is 5.82 Å². The Morgan fingerprint density at radius 1 is 1.00 bits per heavy atom. The topological polar surface area (TPSA) is 76.0 Å². The summed E-state index contributed by atoms with van der Waals surface area (Å²) >= 11 is 0. The maximum absolute atomic E-state index is 13.5. The Hall–Kier alpha value is -3.48. The zero-order chi connectivity index (χ0) is 18.7. The van der Waals surface area contributed by atoms with Gasteiger partial charge < -0.3 is 10.6 Å². The molecule has 0 atom stereocenters. The van der Waals surface area contributed by atoms with Crippen molar-refractivity contribution in [2.75, 3.05) is 10.6 Å². The van der Waals surface area contributed by atoms with Crippen LogP contribution in [0.5, 0.6) is 0 Å². The van der Waals surface area contributed by atoms with Crippen LogP contribution in [0.4, 0.5) is 20.6 Å². The Kier molecular flexibility index (Phi) is 4.79. The molecule has 0 spiro atoms. The second kappa shape index (κ2) is 7.18. The third-order valence-electron chi connectivity index (χ3n) is 3.83. The molecule has 2 N–H and O–H groups in total. The van der Waals surface area contributed by atoms with Crippen LogP contribution in [0.2, 0.25) is 0 Å². The number of carbonyl (C=O) groups is 1. The van der Waals surface area contributed by atoms with Crippen LogP contribution in [0.25, 0.3) is 11.3 Å². The molecule has 0 unspecified atom stereocenters. The minimum atomic E-state index is -0.471. The first-order valence-electron chi connectivity index (χ1n) is 7.91. The Bertz CT molecular complexity index is 1010. The van der Waals surface area contributed by atoms with E-state index in [-0.39, 0.29) is 11.4 Å². The first kappa shape index (κ1) is 17.3. The number of hydrogen-bond donors (Lipinski definition) is 2. The van der Waals surface area contributed by atoms with Gasteiger partial charge in [0.2, 0.25) is 0 Å². The highest BCUT2D eigenvalue weighted by molar-refractivity contribution is 5.99. The molecule has 3 aromatic rings. The van der Waals surface area contributed by atoms with Gasteiger partial charge in [0.05, 0.1) is 5.69 Å². The number of halogens is 1. The number of aromatic nitrogens is 2. The van der Waals surface area contributed by atoms with E-state index in [4.69, 9.17) is 0 Å². The number of carbonyl (C=O) groups excluding carboxylic acids is 1. The summed E-state index contributed by atoms with van der Waals surface area (Å²) in [5, 5.41) is 9.43. The molecule has 26 heavy (non-hydrogen) atoms. The van der Waals surface area contributed by atoms with Crippen LogP contribution in [0.1, 0.15) is 5.56 Å². The molecule has 0 fully saturated rings. The molecule has 0 aliphatic heterocycles. The number of nitrogens with zero attached hydrogens (tertiary/aromatic N) is 2. The second-order valence-electron chi connectivity index (χ2n) is 5.80. The SMILES string of the molecule is Cc1ccc(NC(=O)Nc2ccc(-c3ccc(=O)n(C)n3)cc2)cc1F. The van der Waals surface area contributed by atoms with E-state index in [1.807, 2.05) is 0 Å². The Morgan fingerprint density at radius 3 is 2.31 bits per heavy atom. The molecular formula is C19H17FN4O2. The third kappa shape index (κ3) is 3.94. The smallest absolute Gasteiger partial charge is 0.308 e. The van der Waals surface area contributed by atoms with Gasteiger partial charge >= 0.3 is 6.03 Å². The molecule has 0 saturated heterocycles.